The zero-order valence-electron chi connectivity index (χ0n) is 7.96. The van der Waals surface area contributed by atoms with E-state index in [2.05, 4.69) is 51.4 Å². The highest BCUT2D eigenvalue weighted by molar-refractivity contribution is 9.11. The third-order valence-corrected chi connectivity index (χ3v) is 5.17. The molecule has 6 nitrogen and oxygen atoms in total. The van der Waals surface area contributed by atoms with Crippen molar-refractivity contribution < 1.29 is 8.42 Å². The minimum Gasteiger partial charge on any atom is -0.252 e. The number of hydrogen-bond acceptors (Lipinski definition) is 6. The van der Waals surface area contributed by atoms with Crippen LogP contribution in [0.1, 0.15) is 0 Å². The molecule has 0 bridgehead atoms. The zero-order chi connectivity index (χ0) is 12.5. The molecule has 0 unspecified atom stereocenters. The average molecular weight is 400 g/mol. The van der Waals surface area contributed by atoms with E-state index in [0.29, 0.717) is 8.95 Å². The van der Waals surface area contributed by atoms with E-state index in [0.717, 1.165) is 11.5 Å². The molecule has 2 rings (SSSR count). The van der Waals surface area contributed by atoms with Crippen molar-refractivity contribution in [1.29, 1.82) is 0 Å². The van der Waals surface area contributed by atoms with Crippen molar-refractivity contribution in [2.75, 3.05) is 4.72 Å². The van der Waals surface area contributed by atoms with Crippen LogP contribution in [0.15, 0.2) is 32.0 Å². The Balaban J connectivity index is 2.41. The van der Waals surface area contributed by atoms with Crippen LogP contribution in [0.3, 0.4) is 0 Å². The Labute approximate surface area is 118 Å². The highest BCUT2D eigenvalue weighted by atomic mass is 79.9. The number of halogens is 2. The minimum absolute atomic E-state index is 0.113. The molecule has 2 aromatic rings. The maximum absolute atomic E-state index is 12.0. The van der Waals surface area contributed by atoms with Gasteiger partial charge in [0.05, 0.1) is 0 Å². The van der Waals surface area contributed by atoms with E-state index < -0.39 is 10.0 Å². The molecule has 10 heteroatoms. The summed E-state index contributed by atoms with van der Waals surface area (Å²) in [6, 6.07) is 4.85. The highest BCUT2D eigenvalue weighted by Crippen LogP contribution is 2.27. The van der Waals surface area contributed by atoms with Gasteiger partial charge in [0.2, 0.25) is 5.13 Å². The van der Waals surface area contributed by atoms with Crippen molar-refractivity contribution in [2.45, 2.75) is 4.90 Å². The van der Waals surface area contributed by atoms with Crippen LogP contribution in [0.5, 0.6) is 0 Å². The fourth-order valence-electron chi connectivity index (χ4n) is 1.03. The molecular formula is C7H4Br2N4O2S2. The molecule has 1 aromatic carbocycles. The molecule has 0 spiro atoms. The van der Waals surface area contributed by atoms with Gasteiger partial charge in [-0.15, -0.1) is 0 Å². The summed E-state index contributed by atoms with van der Waals surface area (Å²) < 4.78 is 30.9. The third kappa shape index (κ3) is 3.00. The summed E-state index contributed by atoms with van der Waals surface area (Å²) in [5.74, 6) is 0. The van der Waals surface area contributed by atoms with E-state index in [-0.39, 0.29) is 10.0 Å². The lowest BCUT2D eigenvalue weighted by molar-refractivity contribution is 0.600. The first-order valence-corrected chi connectivity index (χ1v) is 7.96. The molecule has 0 radical (unpaired) electrons. The molecule has 1 heterocycles. The number of rotatable bonds is 3. The van der Waals surface area contributed by atoms with Crippen molar-refractivity contribution in [3.63, 3.8) is 0 Å². The number of anilines is 1. The predicted molar refractivity (Wildman–Crippen MR) is 70.4 cm³/mol. The number of hydrogen-bond donors (Lipinski definition) is 1. The van der Waals surface area contributed by atoms with Gasteiger partial charge >= 0.3 is 0 Å². The first-order chi connectivity index (χ1) is 7.99. The van der Waals surface area contributed by atoms with Crippen LogP contribution >= 0.6 is 43.4 Å². The fourth-order valence-corrected chi connectivity index (χ4v) is 4.11. The van der Waals surface area contributed by atoms with E-state index in [1.54, 1.807) is 12.1 Å². The monoisotopic (exact) mass is 398 g/mol. The highest BCUT2D eigenvalue weighted by Gasteiger charge is 2.19. The Morgan fingerprint density at radius 2 is 2.06 bits per heavy atom. The van der Waals surface area contributed by atoms with Gasteiger partial charge in [0.25, 0.3) is 10.0 Å². The standard InChI is InChI=1S/C7H4Br2N4O2S2/c8-4-1-2-5(9)6(3-4)17(14,15)11-7-10-12-13-16-7/h1-3H,(H,10,11,13). The molecule has 1 N–H and O–H groups in total. The topological polar surface area (TPSA) is 84.8 Å². The summed E-state index contributed by atoms with van der Waals surface area (Å²) in [7, 11) is -3.70. The lowest BCUT2D eigenvalue weighted by Gasteiger charge is -2.06. The smallest absolute Gasteiger partial charge is 0.252 e. The Morgan fingerprint density at radius 1 is 1.29 bits per heavy atom. The largest absolute Gasteiger partial charge is 0.264 e. The quantitative estimate of drug-likeness (QED) is 0.855. The average Bonchev–Trinajstić information content (AvgIpc) is 2.73. The Bertz CT molecular complexity index is 629. The van der Waals surface area contributed by atoms with Crippen molar-refractivity contribution in [2.24, 2.45) is 0 Å². The van der Waals surface area contributed by atoms with Crippen molar-refractivity contribution in [3.05, 3.63) is 27.1 Å². The Hall–Kier alpha value is -0.580. The van der Waals surface area contributed by atoms with Crippen LogP contribution in [0, 0.1) is 0 Å². The fraction of sp³-hybridized carbons (Fsp3) is 0. The summed E-state index contributed by atoms with van der Waals surface area (Å²) >= 11 is 7.26. The molecule has 1 aromatic heterocycles. The van der Waals surface area contributed by atoms with Crippen molar-refractivity contribution >= 4 is 58.5 Å². The van der Waals surface area contributed by atoms with E-state index in [9.17, 15) is 8.42 Å². The van der Waals surface area contributed by atoms with E-state index >= 15 is 0 Å². The summed E-state index contributed by atoms with van der Waals surface area (Å²) in [6.07, 6.45) is 0. The molecular weight excluding hydrogens is 396 g/mol. The van der Waals surface area contributed by atoms with Gasteiger partial charge in [0.15, 0.2) is 0 Å². The van der Waals surface area contributed by atoms with Gasteiger partial charge in [0.1, 0.15) is 4.90 Å². The van der Waals surface area contributed by atoms with Gasteiger partial charge in [-0.05, 0) is 39.3 Å². The summed E-state index contributed by atoms with van der Waals surface area (Å²) in [4.78, 5) is 0.113. The van der Waals surface area contributed by atoms with Gasteiger partial charge in [-0.1, -0.05) is 25.5 Å². The first kappa shape index (κ1) is 12.9. The Kier molecular flexibility index (Phi) is 3.76. The minimum atomic E-state index is -3.70. The summed E-state index contributed by atoms with van der Waals surface area (Å²) in [5.41, 5.74) is 0. The van der Waals surface area contributed by atoms with Gasteiger partial charge < -0.3 is 0 Å². The predicted octanol–water partition coefficient (Wildman–Crippen LogP) is 2.26. The normalized spacial score (nSPS) is 11.4. The molecule has 0 amide bonds. The first-order valence-electron chi connectivity index (χ1n) is 4.12. The molecule has 0 saturated heterocycles. The molecule has 0 aliphatic heterocycles. The van der Waals surface area contributed by atoms with Crippen LogP contribution in [-0.4, -0.2) is 23.2 Å². The van der Waals surface area contributed by atoms with Gasteiger partial charge in [-0.2, -0.15) is 0 Å². The van der Waals surface area contributed by atoms with Crippen molar-refractivity contribution in [3.8, 4) is 0 Å². The third-order valence-electron chi connectivity index (χ3n) is 1.70. The molecule has 0 atom stereocenters. The maximum atomic E-state index is 12.0. The van der Waals surface area contributed by atoms with E-state index in [1.807, 2.05) is 0 Å². The lowest BCUT2D eigenvalue weighted by atomic mass is 10.4. The number of nitrogens with one attached hydrogen (secondary N) is 1. The Morgan fingerprint density at radius 3 is 2.71 bits per heavy atom. The second-order valence-electron chi connectivity index (χ2n) is 2.85. The molecule has 17 heavy (non-hydrogen) atoms. The molecule has 0 aliphatic rings. The summed E-state index contributed by atoms with van der Waals surface area (Å²) in [5, 5.41) is 6.95. The zero-order valence-corrected chi connectivity index (χ0v) is 12.8. The molecule has 0 saturated carbocycles. The number of aromatic nitrogens is 3. The number of benzene rings is 1. The number of sulfonamides is 1. The van der Waals surface area contributed by atoms with Crippen molar-refractivity contribution in [1.82, 2.24) is 14.8 Å². The summed E-state index contributed by atoms with van der Waals surface area (Å²) in [6.45, 7) is 0. The van der Waals surface area contributed by atoms with Gasteiger partial charge in [-0.3, -0.25) is 4.72 Å². The molecule has 90 valence electrons. The van der Waals surface area contributed by atoms with Gasteiger partial charge in [-0.25, -0.2) is 8.42 Å². The molecule has 0 aliphatic carbocycles. The van der Waals surface area contributed by atoms with Crippen LogP contribution in [0.4, 0.5) is 5.13 Å². The molecule has 0 fully saturated rings. The second kappa shape index (κ2) is 4.96. The van der Waals surface area contributed by atoms with Crippen LogP contribution in [0.2, 0.25) is 0 Å². The lowest BCUT2D eigenvalue weighted by Crippen LogP contribution is -2.13. The van der Waals surface area contributed by atoms with Gasteiger partial charge in [0, 0.05) is 20.5 Å². The van der Waals surface area contributed by atoms with Crippen LogP contribution in [0.25, 0.3) is 0 Å². The maximum Gasteiger partial charge on any atom is 0.264 e. The van der Waals surface area contributed by atoms with E-state index in [1.165, 1.54) is 6.07 Å². The van der Waals surface area contributed by atoms with Crippen LogP contribution < -0.4 is 4.72 Å². The van der Waals surface area contributed by atoms with Crippen LogP contribution in [-0.2, 0) is 10.0 Å². The van der Waals surface area contributed by atoms with E-state index in [4.69, 9.17) is 0 Å². The number of nitrogens with zero attached hydrogens (tertiary/aromatic N) is 3. The second-order valence-corrected chi connectivity index (χ2v) is 7.00. The SMILES string of the molecule is O=S(=O)(Nc1nnns1)c1cc(Br)ccc1Br.